The van der Waals surface area contributed by atoms with Crippen LogP contribution >= 0.6 is 46.6 Å². The zero-order valence-electron chi connectivity index (χ0n) is 15.0. The van der Waals surface area contributed by atoms with Crippen LogP contribution < -0.4 is 5.32 Å². The highest BCUT2D eigenvalue weighted by Crippen LogP contribution is 2.27. The molecule has 1 N–H and O–H groups in total. The number of nitrogens with zero attached hydrogens (tertiary/aromatic N) is 4. The maximum atomic E-state index is 12.3. The number of aromatic nitrogens is 4. The number of halogens is 3. The Balaban J connectivity index is 1.70. The van der Waals surface area contributed by atoms with Gasteiger partial charge in [0.1, 0.15) is 0 Å². The monoisotopic (exact) mass is 455 g/mol. The summed E-state index contributed by atoms with van der Waals surface area (Å²) >= 11 is 19.3. The number of pyridine rings is 1. The van der Waals surface area contributed by atoms with E-state index in [2.05, 4.69) is 20.5 Å². The number of amides is 1. The smallest absolute Gasteiger partial charge is 0.236 e. The third-order valence-electron chi connectivity index (χ3n) is 3.83. The van der Waals surface area contributed by atoms with Gasteiger partial charge >= 0.3 is 0 Å². The molecule has 0 bridgehead atoms. The second-order valence-corrected chi connectivity index (χ2v) is 7.97. The van der Waals surface area contributed by atoms with Crippen molar-refractivity contribution in [3.05, 3.63) is 51.1 Å². The van der Waals surface area contributed by atoms with Gasteiger partial charge in [-0.2, -0.15) is 0 Å². The van der Waals surface area contributed by atoms with Crippen LogP contribution in [0.5, 0.6) is 0 Å². The first-order valence-corrected chi connectivity index (χ1v) is 10.5. The predicted molar refractivity (Wildman–Crippen MR) is 114 cm³/mol. The molecule has 2 heterocycles. The van der Waals surface area contributed by atoms with Crippen LogP contribution in [0, 0.1) is 6.92 Å². The molecule has 1 aromatic carbocycles. The lowest BCUT2D eigenvalue weighted by atomic mass is 10.2. The van der Waals surface area contributed by atoms with E-state index in [-0.39, 0.29) is 22.5 Å². The van der Waals surface area contributed by atoms with Gasteiger partial charge in [0.15, 0.2) is 16.8 Å². The summed E-state index contributed by atoms with van der Waals surface area (Å²) in [6.45, 7) is 4.40. The lowest BCUT2D eigenvalue weighted by Crippen LogP contribution is -2.16. The van der Waals surface area contributed by atoms with Gasteiger partial charge in [0, 0.05) is 17.1 Å². The van der Waals surface area contributed by atoms with Crippen molar-refractivity contribution in [3.63, 3.8) is 0 Å². The van der Waals surface area contributed by atoms with E-state index in [1.54, 1.807) is 25.1 Å². The normalized spacial score (nSPS) is 10.9. The molecule has 28 heavy (non-hydrogen) atoms. The molecule has 6 nitrogen and oxygen atoms in total. The molecule has 0 aliphatic rings. The minimum atomic E-state index is -0.250. The van der Waals surface area contributed by atoms with Crippen molar-refractivity contribution in [2.45, 2.75) is 25.5 Å². The second kappa shape index (κ2) is 9.13. The fourth-order valence-electron chi connectivity index (χ4n) is 2.44. The Kier molecular flexibility index (Phi) is 6.82. The minimum absolute atomic E-state index is 0.137. The van der Waals surface area contributed by atoms with Crippen LogP contribution in [-0.2, 0) is 11.3 Å². The summed E-state index contributed by atoms with van der Waals surface area (Å²) in [4.78, 5) is 16.5. The van der Waals surface area contributed by atoms with Crippen molar-refractivity contribution in [2.75, 3.05) is 11.1 Å². The van der Waals surface area contributed by atoms with Gasteiger partial charge in [0.25, 0.3) is 0 Å². The van der Waals surface area contributed by atoms with E-state index < -0.39 is 0 Å². The van der Waals surface area contributed by atoms with Crippen LogP contribution in [0.3, 0.4) is 0 Å². The number of benzene rings is 1. The Morgan fingerprint density at radius 2 is 1.86 bits per heavy atom. The first-order chi connectivity index (χ1) is 13.4. The van der Waals surface area contributed by atoms with E-state index >= 15 is 0 Å². The van der Waals surface area contributed by atoms with Crippen LogP contribution in [0.4, 0.5) is 5.82 Å². The van der Waals surface area contributed by atoms with Crippen molar-refractivity contribution in [1.82, 2.24) is 19.7 Å². The van der Waals surface area contributed by atoms with Gasteiger partial charge in [-0.05, 0) is 44.2 Å². The van der Waals surface area contributed by atoms with E-state index in [4.69, 9.17) is 34.8 Å². The van der Waals surface area contributed by atoms with Gasteiger partial charge in [-0.25, -0.2) is 4.98 Å². The van der Waals surface area contributed by atoms with E-state index in [9.17, 15) is 4.79 Å². The van der Waals surface area contributed by atoms with Crippen LogP contribution in [0.15, 0.2) is 35.5 Å². The molecule has 0 spiro atoms. The summed E-state index contributed by atoms with van der Waals surface area (Å²) in [5.74, 6) is 0.895. The largest absolute Gasteiger partial charge is 0.309 e. The Morgan fingerprint density at radius 3 is 2.54 bits per heavy atom. The first-order valence-electron chi connectivity index (χ1n) is 8.33. The third-order valence-corrected chi connectivity index (χ3v) is 5.72. The second-order valence-electron chi connectivity index (χ2n) is 5.78. The number of carbonyl (C=O) groups is 1. The third kappa shape index (κ3) is 4.78. The average molecular weight is 457 g/mol. The molecule has 0 atom stereocenters. The van der Waals surface area contributed by atoms with Crippen molar-refractivity contribution in [1.29, 1.82) is 0 Å². The molecule has 0 aliphatic carbocycles. The number of aryl methyl sites for hydroxylation is 1. The van der Waals surface area contributed by atoms with E-state index in [1.165, 1.54) is 11.8 Å². The minimum Gasteiger partial charge on any atom is -0.309 e. The molecule has 146 valence electrons. The van der Waals surface area contributed by atoms with Crippen molar-refractivity contribution >= 4 is 58.3 Å². The quantitative estimate of drug-likeness (QED) is 0.506. The highest BCUT2D eigenvalue weighted by molar-refractivity contribution is 7.99. The topological polar surface area (TPSA) is 72.7 Å². The molecular formula is C18H16Cl3N5OS. The Labute approximate surface area is 181 Å². The molecule has 0 unspecified atom stereocenters. The van der Waals surface area contributed by atoms with Gasteiger partial charge in [0.2, 0.25) is 5.91 Å². The molecule has 3 aromatic rings. The molecule has 2 aromatic heterocycles. The fourth-order valence-corrected chi connectivity index (χ4v) is 3.77. The maximum Gasteiger partial charge on any atom is 0.236 e. The summed E-state index contributed by atoms with van der Waals surface area (Å²) < 4.78 is 1.94. The zero-order chi connectivity index (χ0) is 20.3. The summed E-state index contributed by atoms with van der Waals surface area (Å²) in [5.41, 5.74) is 1.50. The summed E-state index contributed by atoms with van der Waals surface area (Å²) in [7, 11) is 0. The Hall–Kier alpha value is -1.80. The molecule has 0 fully saturated rings. The molecule has 1 amide bonds. The highest BCUT2D eigenvalue weighted by Gasteiger charge is 2.16. The van der Waals surface area contributed by atoms with Crippen molar-refractivity contribution in [3.8, 4) is 11.4 Å². The van der Waals surface area contributed by atoms with Gasteiger partial charge in [-0.1, -0.05) is 46.6 Å². The van der Waals surface area contributed by atoms with Crippen LogP contribution in [0.25, 0.3) is 11.4 Å². The first kappa shape index (κ1) is 20.9. The number of anilines is 1. The number of hydrogen-bond donors (Lipinski definition) is 1. The lowest BCUT2D eigenvalue weighted by Gasteiger charge is -2.09. The van der Waals surface area contributed by atoms with Gasteiger partial charge in [-0.15, -0.1) is 10.2 Å². The van der Waals surface area contributed by atoms with Gasteiger partial charge in [0.05, 0.1) is 21.5 Å². The molecule has 0 saturated heterocycles. The average Bonchev–Trinajstić information content (AvgIpc) is 3.08. The number of hydrogen-bond acceptors (Lipinski definition) is 5. The molecule has 3 rings (SSSR count). The standard InChI is InChI=1S/C18H16Cl3N5OS/c1-3-26-17(11-4-6-12(19)7-5-11)24-25-18(26)28-9-15(27)23-16-14(21)8-13(20)10(2)22-16/h4-8H,3,9H2,1-2H3,(H,22,23,27). The summed E-state index contributed by atoms with van der Waals surface area (Å²) in [5, 5.41) is 13.2. The van der Waals surface area contributed by atoms with Crippen LogP contribution in [0.1, 0.15) is 12.6 Å². The molecule has 10 heteroatoms. The summed E-state index contributed by atoms with van der Waals surface area (Å²) in [6, 6.07) is 8.93. The lowest BCUT2D eigenvalue weighted by molar-refractivity contribution is -0.113. The van der Waals surface area contributed by atoms with E-state index in [0.29, 0.717) is 27.4 Å². The highest BCUT2D eigenvalue weighted by atomic mass is 35.5. The number of thioether (sulfide) groups is 1. The Bertz CT molecular complexity index is 1010. The van der Waals surface area contributed by atoms with E-state index in [1.807, 2.05) is 23.6 Å². The van der Waals surface area contributed by atoms with Crippen molar-refractivity contribution in [2.24, 2.45) is 0 Å². The Morgan fingerprint density at radius 1 is 1.14 bits per heavy atom. The molecule has 0 aliphatic heterocycles. The summed E-state index contributed by atoms with van der Waals surface area (Å²) in [6.07, 6.45) is 0. The van der Waals surface area contributed by atoms with Crippen LogP contribution in [-0.4, -0.2) is 31.4 Å². The fraction of sp³-hybridized carbons (Fsp3) is 0.222. The number of carbonyl (C=O) groups excluding carboxylic acids is 1. The van der Waals surface area contributed by atoms with Gasteiger partial charge in [-0.3, -0.25) is 4.79 Å². The van der Waals surface area contributed by atoms with E-state index in [0.717, 1.165) is 11.4 Å². The maximum absolute atomic E-state index is 12.3. The number of nitrogens with one attached hydrogen (secondary N) is 1. The predicted octanol–water partition coefficient (Wildman–Crippen LogP) is 5.36. The van der Waals surface area contributed by atoms with Crippen LogP contribution in [0.2, 0.25) is 15.1 Å². The molecular weight excluding hydrogens is 441 g/mol. The molecule has 0 saturated carbocycles. The zero-order valence-corrected chi connectivity index (χ0v) is 18.1. The van der Waals surface area contributed by atoms with Gasteiger partial charge < -0.3 is 9.88 Å². The van der Waals surface area contributed by atoms with Crippen molar-refractivity contribution < 1.29 is 4.79 Å². The number of rotatable bonds is 6. The SMILES string of the molecule is CCn1c(SCC(=O)Nc2nc(C)c(Cl)cc2Cl)nnc1-c1ccc(Cl)cc1. The molecule has 0 radical (unpaired) electrons.